The number of para-hydroxylation sites is 1. The van der Waals surface area contributed by atoms with Gasteiger partial charge in [-0.3, -0.25) is 4.79 Å². The van der Waals surface area contributed by atoms with Crippen LogP contribution in [0.5, 0.6) is 0 Å². The first-order valence-electron chi connectivity index (χ1n) is 7.67. The number of H-pyrrole nitrogens is 1. The second-order valence-corrected chi connectivity index (χ2v) is 6.47. The topological polar surface area (TPSA) is 89.3 Å². The third-order valence-electron chi connectivity index (χ3n) is 3.72. The Morgan fingerprint density at radius 3 is 2.76 bits per heavy atom. The van der Waals surface area contributed by atoms with Gasteiger partial charge >= 0.3 is 0 Å². The minimum Gasteiger partial charge on any atom is -0.309 e. The van der Waals surface area contributed by atoms with E-state index >= 15 is 0 Å². The predicted molar refractivity (Wildman–Crippen MR) is 95.8 cm³/mol. The summed E-state index contributed by atoms with van der Waals surface area (Å²) in [6.45, 7) is 2.03. The average Bonchev–Trinajstić information content (AvgIpc) is 3.09. The van der Waals surface area contributed by atoms with E-state index in [9.17, 15) is 4.79 Å². The van der Waals surface area contributed by atoms with Crippen LogP contribution in [-0.4, -0.2) is 30.2 Å². The van der Waals surface area contributed by atoms with Crippen LogP contribution in [0.15, 0.2) is 58.5 Å². The van der Waals surface area contributed by atoms with Crippen LogP contribution >= 0.6 is 11.8 Å². The summed E-state index contributed by atoms with van der Waals surface area (Å²) in [5, 5.41) is 13.1. The molecule has 4 aromatic rings. The van der Waals surface area contributed by atoms with Crippen LogP contribution in [0, 0.1) is 6.92 Å². The third kappa shape index (κ3) is 3.16. The summed E-state index contributed by atoms with van der Waals surface area (Å²) < 4.78 is 1.67. The molecule has 0 saturated heterocycles. The molecule has 0 fully saturated rings. The lowest BCUT2D eigenvalue weighted by atomic mass is 10.2. The van der Waals surface area contributed by atoms with Crippen LogP contribution in [0.3, 0.4) is 0 Å². The van der Waals surface area contributed by atoms with Gasteiger partial charge in [0.25, 0.3) is 5.56 Å². The fourth-order valence-electron chi connectivity index (χ4n) is 2.45. The Kier molecular flexibility index (Phi) is 4.02. The number of benzene rings is 2. The normalized spacial score (nSPS) is 11.1. The zero-order chi connectivity index (χ0) is 17.2. The lowest BCUT2D eigenvalue weighted by Gasteiger charge is -2.05. The molecule has 0 radical (unpaired) electrons. The van der Waals surface area contributed by atoms with Crippen molar-refractivity contribution in [1.82, 2.24) is 30.2 Å². The van der Waals surface area contributed by atoms with E-state index in [1.54, 1.807) is 10.7 Å². The summed E-state index contributed by atoms with van der Waals surface area (Å²) in [4.78, 5) is 19.4. The standard InChI is InChI=1S/C17H14N6OS/c1-11-6-8-12(9-7-11)23-17(20-21-22-23)25-10-15-18-14-5-3-2-4-13(14)16(24)19-15/h2-9H,10H2,1H3,(H,18,19,24). The molecule has 0 amide bonds. The maximum absolute atomic E-state index is 12.1. The molecule has 0 aliphatic heterocycles. The molecule has 0 atom stereocenters. The number of aromatic amines is 1. The van der Waals surface area contributed by atoms with Gasteiger partial charge in [0.1, 0.15) is 5.82 Å². The number of aryl methyl sites for hydroxylation is 1. The van der Waals surface area contributed by atoms with Gasteiger partial charge in [-0.15, -0.1) is 5.10 Å². The van der Waals surface area contributed by atoms with E-state index in [-0.39, 0.29) is 5.56 Å². The number of nitrogens with one attached hydrogen (secondary N) is 1. The lowest BCUT2D eigenvalue weighted by Crippen LogP contribution is -2.11. The molecule has 25 heavy (non-hydrogen) atoms. The van der Waals surface area contributed by atoms with E-state index in [4.69, 9.17) is 0 Å². The number of rotatable bonds is 4. The van der Waals surface area contributed by atoms with Crippen LogP contribution in [0.2, 0.25) is 0 Å². The predicted octanol–water partition coefficient (Wildman–Crippen LogP) is 2.50. The van der Waals surface area contributed by atoms with Gasteiger partial charge in [-0.2, -0.15) is 4.68 Å². The first-order chi connectivity index (χ1) is 12.2. The van der Waals surface area contributed by atoms with Gasteiger partial charge in [0, 0.05) is 0 Å². The van der Waals surface area contributed by atoms with Gasteiger partial charge in [0.2, 0.25) is 5.16 Å². The highest BCUT2D eigenvalue weighted by atomic mass is 32.2. The molecule has 7 nitrogen and oxygen atoms in total. The van der Waals surface area contributed by atoms with Crippen LogP contribution in [0.25, 0.3) is 16.6 Å². The second kappa shape index (κ2) is 6.48. The summed E-state index contributed by atoms with van der Waals surface area (Å²) >= 11 is 1.42. The van der Waals surface area contributed by atoms with Crippen molar-refractivity contribution in [3.8, 4) is 5.69 Å². The van der Waals surface area contributed by atoms with Crippen molar-refractivity contribution in [3.63, 3.8) is 0 Å². The summed E-state index contributed by atoms with van der Waals surface area (Å²) in [5.74, 6) is 1.05. The van der Waals surface area contributed by atoms with E-state index in [0.717, 1.165) is 5.69 Å². The molecular weight excluding hydrogens is 336 g/mol. The van der Waals surface area contributed by atoms with E-state index in [0.29, 0.717) is 27.6 Å². The Morgan fingerprint density at radius 2 is 1.92 bits per heavy atom. The Hall–Kier alpha value is -3.00. The Balaban J connectivity index is 1.59. The fourth-order valence-corrected chi connectivity index (χ4v) is 3.21. The van der Waals surface area contributed by atoms with Gasteiger partial charge in [-0.05, 0) is 41.6 Å². The molecule has 0 unspecified atom stereocenters. The van der Waals surface area contributed by atoms with E-state index < -0.39 is 0 Å². The van der Waals surface area contributed by atoms with Crippen LogP contribution in [0.1, 0.15) is 11.4 Å². The summed E-state index contributed by atoms with van der Waals surface area (Å²) in [6.07, 6.45) is 0. The average molecular weight is 350 g/mol. The molecule has 4 rings (SSSR count). The van der Waals surface area contributed by atoms with Gasteiger partial charge in [0.15, 0.2) is 0 Å². The Labute approximate surface area is 147 Å². The molecule has 2 aromatic heterocycles. The van der Waals surface area contributed by atoms with Crippen molar-refractivity contribution in [2.75, 3.05) is 0 Å². The monoisotopic (exact) mass is 350 g/mol. The lowest BCUT2D eigenvalue weighted by molar-refractivity contribution is 0.756. The highest BCUT2D eigenvalue weighted by molar-refractivity contribution is 7.98. The number of fused-ring (bicyclic) bond motifs is 1. The highest BCUT2D eigenvalue weighted by Crippen LogP contribution is 2.21. The largest absolute Gasteiger partial charge is 0.309 e. The molecule has 1 N–H and O–H groups in total. The van der Waals surface area contributed by atoms with Crippen molar-refractivity contribution in [2.45, 2.75) is 17.8 Å². The van der Waals surface area contributed by atoms with Crippen molar-refractivity contribution < 1.29 is 0 Å². The molecule has 2 heterocycles. The molecule has 124 valence electrons. The zero-order valence-corrected chi connectivity index (χ0v) is 14.2. The summed E-state index contributed by atoms with van der Waals surface area (Å²) in [7, 11) is 0. The molecule has 2 aromatic carbocycles. The molecule has 0 aliphatic carbocycles. The number of tetrazole rings is 1. The maximum atomic E-state index is 12.1. The van der Waals surface area contributed by atoms with Crippen LogP contribution < -0.4 is 5.56 Å². The quantitative estimate of drug-likeness (QED) is 0.569. The van der Waals surface area contributed by atoms with Gasteiger partial charge in [-0.25, -0.2) is 4.98 Å². The molecular formula is C17H14N6OS. The maximum Gasteiger partial charge on any atom is 0.258 e. The number of hydrogen-bond acceptors (Lipinski definition) is 6. The van der Waals surface area contributed by atoms with Crippen molar-refractivity contribution in [2.24, 2.45) is 0 Å². The molecule has 0 aliphatic rings. The van der Waals surface area contributed by atoms with Crippen molar-refractivity contribution in [3.05, 3.63) is 70.3 Å². The van der Waals surface area contributed by atoms with Gasteiger partial charge < -0.3 is 4.98 Å². The number of nitrogens with zero attached hydrogens (tertiary/aromatic N) is 5. The minimum atomic E-state index is -0.140. The van der Waals surface area contributed by atoms with Gasteiger partial charge in [0.05, 0.1) is 22.3 Å². The van der Waals surface area contributed by atoms with E-state index in [1.807, 2.05) is 49.4 Å². The third-order valence-corrected chi connectivity index (χ3v) is 4.65. The number of aromatic nitrogens is 6. The van der Waals surface area contributed by atoms with Crippen LogP contribution in [-0.2, 0) is 5.75 Å². The van der Waals surface area contributed by atoms with E-state index in [1.165, 1.54) is 17.3 Å². The summed E-state index contributed by atoms with van der Waals surface area (Å²) in [6, 6.07) is 15.2. The molecule has 0 saturated carbocycles. The molecule has 0 spiro atoms. The molecule has 8 heteroatoms. The minimum absolute atomic E-state index is 0.140. The van der Waals surface area contributed by atoms with Crippen molar-refractivity contribution in [1.29, 1.82) is 0 Å². The zero-order valence-electron chi connectivity index (χ0n) is 13.4. The summed E-state index contributed by atoms with van der Waals surface area (Å²) in [5.41, 5.74) is 2.60. The second-order valence-electron chi connectivity index (χ2n) is 5.53. The number of thioether (sulfide) groups is 1. The molecule has 0 bridgehead atoms. The first-order valence-corrected chi connectivity index (χ1v) is 8.65. The number of hydrogen-bond donors (Lipinski definition) is 1. The SMILES string of the molecule is Cc1ccc(-n2nnnc2SCc2nc3ccccc3c(=O)[nH]2)cc1. The van der Waals surface area contributed by atoms with Gasteiger partial charge in [-0.1, -0.05) is 41.6 Å². The van der Waals surface area contributed by atoms with Crippen LogP contribution in [0.4, 0.5) is 0 Å². The fraction of sp³-hybridized carbons (Fsp3) is 0.118. The highest BCUT2D eigenvalue weighted by Gasteiger charge is 2.11. The first kappa shape index (κ1) is 15.5. The Morgan fingerprint density at radius 1 is 1.12 bits per heavy atom. The van der Waals surface area contributed by atoms with E-state index in [2.05, 4.69) is 25.5 Å². The Bertz CT molecular complexity index is 1090. The smallest absolute Gasteiger partial charge is 0.258 e. The van der Waals surface area contributed by atoms with Crippen molar-refractivity contribution >= 4 is 22.7 Å².